The van der Waals surface area contributed by atoms with E-state index in [0.29, 0.717) is 5.69 Å². The van der Waals surface area contributed by atoms with Gasteiger partial charge in [-0.15, -0.1) is 0 Å². The van der Waals surface area contributed by atoms with E-state index in [1.807, 2.05) is 0 Å². The van der Waals surface area contributed by atoms with Crippen LogP contribution in [-0.2, 0) is 17.1 Å². The number of nitrogens with zero attached hydrogens (tertiary/aromatic N) is 4. The fourth-order valence-electron chi connectivity index (χ4n) is 2.20. The molecule has 3 aromatic heterocycles. The van der Waals surface area contributed by atoms with Crippen LogP contribution < -0.4 is 15.6 Å². The summed E-state index contributed by atoms with van der Waals surface area (Å²) >= 11 is 0. The zero-order chi connectivity index (χ0) is 17.5. The number of aromatic amines is 1. The van der Waals surface area contributed by atoms with Crippen LogP contribution in [0.3, 0.4) is 0 Å². The van der Waals surface area contributed by atoms with Gasteiger partial charge in [0.15, 0.2) is 0 Å². The van der Waals surface area contributed by atoms with Crippen LogP contribution in [0.5, 0.6) is 0 Å². The van der Waals surface area contributed by atoms with Crippen LogP contribution in [0.2, 0.25) is 0 Å². The van der Waals surface area contributed by atoms with E-state index < -0.39 is 21.3 Å². The van der Waals surface area contributed by atoms with Crippen molar-refractivity contribution >= 4 is 26.7 Å². The Kier molecular flexibility index (Phi) is 3.68. The molecule has 0 atom stereocenters. The van der Waals surface area contributed by atoms with Crippen LogP contribution in [0, 0.1) is 0 Å². The summed E-state index contributed by atoms with van der Waals surface area (Å²) in [6.07, 6.45) is 4.05. The summed E-state index contributed by atoms with van der Waals surface area (Å²) in [5.41, 5.74) is -0.844. The van der Waals surface area contributed by atoms with E-state index in [2.05, 4.69) is 15.0 Å². The average molecular weight is 347 g/mol. The summed E-state index contributed by atoms with van der Waals surface area (Å²) in [6.45, 7) is 0. The third-order valence-corrected chi connectivity index (χ3v) is 5.35. The number of rotatable bonds is 3. The Morgan fingerprint density at radius 1 is 1.25 bits per heavy atom. The maximum Gasteiger partial charge on any atom is 0.329 e. The van der Waals surface area contributed by atoms with Crippen LogP contribution in [0.15, 0.2) is 51.3 Å². The number of hydrogen-bond acceptors (Lipinski definition) is 6. The molecule has 0 aliphatic rings. The molecule has 3 heterocycles. The number of nitrogens with one attached hydrogen (secondary N) is 1. The molecule has 1 N–H and O–H groups in total. The minimum Gasteiger partial charge on any atom is -0.281 e. The van der Waals surface area contributed by atoms with Crippen molar-refractivity contribution < 1.29 is 8.42 Å². The highest BCUT2D eigenvalue weighted by atomic mass is 32.2. The van der Waals surface area contributed by atoms with Gasteiger partial charge in [0.25, 0.3) is 15.6 Å². The highest BCUT2D eigenvalue weighted by Gasteiger charge is 2.23. The number of hydrogen-bond donors (Lipinski definition) is 1. The Morgan fingerprint density at radius 3 is 2.67 bits per heavy atom. The van der Waals surface area contributed by atoms with Crippen molar-refractivity contribution in [1.29, 1.82) is 0 Å². The van der Waals surface area contributed by atoms with Gasteiger partial charge in [0, 0.05) is 26.5 Å². The second-order valence-corrected chi connectivity index (χ2v) is 7.01. The summed E-state index contributed by atoms with van der Waals surface area (Å²) in [4.78, 5) is 33.3. The van der Waals surface area contributed by atoms with Crippen molar-refractivity contribution in [1.82, 2.24) is 19.5 Å². The van der Waals surface area contributed by atoms with Gasteiger partial charge in [0.1, 0.15) is 10.5 Å². The monoisotopic (exact) mass is 347 g/mol. The van der Waals surface area contributed by atoms with Crippen molar-refractivity contribution in [3.8, 4) is 0 Å². The highest BCUT2D eigenvalue weighted by molar-refractivity contribution is 7.92. The van der Waals surface area contributed by atoms with E-state index in [0.717, 1.165) is 15.1 Å². The molecule has 10 heteroatoms. The standard InChI is InChI=1S/C14H13N5O4S/c1-18-12-11(13(20)17-14(18)21)6-10(8-16-12)24(22,23)19(2)9-4-3-5-15-7-9/h3-8H,1-2H3,(H,17,20,21). The predicted octanol–water partition coefficient (Wildman–Crippen LogP) is -0.158. The normalized spacial score (nSPS) is 11.6. The molecular formula is C14H13N5O4S. The molecule has 3 aromatic rings. The molecule has 0 amide bonds. The minimum atomic E-state index is -3.93. The Labute approximate surface area is 136 Å². The first-order chi connectivity index (χ1) is 11.3. The second kappa shape index (κ2) is 5.57. The molecular weight excluding hydrogens is 334 g/mol. The topological polar surface area (TPSA) is 118 Å². The third-order valence-electron chi connectivity index (χ3n) is 3.60. The fraction of sp³-hybridized carbons (Fsp3) is 0.143. The van der Waals surface area contributed by atoms with Gasteiger partial charge < -0.3 is 0 Å². The Balaban J connectivity index is 2.19. The van der Waals surface area contributed by atoms with Gasteiger partial charge >= 0.3 is 5.69 Å². The lowest BCUT2D eigenvalue weighted by molar-refractivity contribution is 0.594. The maximum atomic E-state index is 12.7. The number of aryl methyl sites for hydroxylation is 1. The number of fused-ring (bicyclic) bond motifs is 1. The Bertz CT molecular complexity index is 1140. The van der Waals surface area contributed by atoms with Crippen molar-refractivity contribution in [3.63, 3.8) is 0 Å². The lowest BCUT2D eigenvalue weighted by Gasteiger charge is -2.19. The largest absolute Gasteiger partial charge is 0.329 e. The molecule has 0 unspecified atom stereocenters. The number of pyridine rings is 2. The Morgan fingerprint density at radius 2 is 2.00 bits per heavy atom. The zero-order valence-electron chi connectivity index (χ0n) is 12.8. The maximum absolute atomic E-state index is 12.7. The van der Waals surface area contributed by atoms with Crippen molar-refractivity contribution in [2.45, 2.75) is 4.90 Å². The van der Waals surface area contributed by atoms with Crippen LogP contribution in [0.1, 0.15) is 0 Å². The molecule has 0 aliphatic carbocycles. The van der Waals surface area contributed by atoms with Gasteiger partial charge in [-0.25, -0.2) is 18.2 Å². The summed E-state index contributed by atoms with van der Waals surface area (Å²) in [5, 5.41) is 0.0118. The number of sulfonamides is 1. The molecule has 0 aromatic carbocycles. The van der Waals surface area contributed by atoms with Crippen molar-refractivity contribution in [3.05, 3.63) is 57.6 Å². The molecule has 0 fully saturated rings. The van der Waals surface area contributed by atoms with E-state index in [4.69, 9.17) is 0 Å². The van der Waals surface area contributed by atoms with Crippen LogP contribution >= 0.6 is 0 Å². The molecule has 0 spiro atoms. The van der Waals surface area contributed by atoms with E-state index in [1.165, 1.54) is 32.6 Å². The molecule has 124 valence electrons. The molecule has 0 saturated heterocycles. The van der Waals surface area contributed by atoms with Crippen LogP contribution in [-0.4, -0.2) is 35.0 Å². The van der Waals surface area contributed by atoms with E-state index in [1.54, 1.807) is 12.1 Å². The second-order valence-electron chi connectivity index (χ2n) is 5.04. The first-order valence-electron chi connectivity index (χ1n) is 6.80. The van der Waals surface area contributed by atoms with Gasteiger partial charge in [-0.2, -0.15) is 0 Å². The minimum absolute atomic E-state index is 0.0118. The number of anilines is 1. The molecule has 9 nitrogen and oxygen atoms in total. The quantitative estimate of drug-likeness (QED) is 0.703. The van der Waals surface area contributed by atoms with Crippen LogP contribution in [0.4, 0.5) is 5.69 Å². The van der Waals surface area contributed by atoms with Gasteiger partial charge in [-0.3, -0.25) is 23.6 Å². The zero-order valence-corrected chi connectivity index (χ0v) is 13.6. The third kappa shape index (κ3) is 2.46. The molecule has 0 bridgehead atoms. The van der Waals surface area contributed by atoms with Gasteiger partial charge in [0.05, 0.1) is 17.3 Å². The molecule has 3 rings (SSSR count). The first kappa shape index (κ1) is 15.9. The lowest BCUT2D eigenvalue weighted by atomic mass is 10.3. The lowest BCUT2D eigenvalue weighted by Crippen LogP contribution is -2.30. The smallest absolute Gasteiger partial charge is 0.281 e. The summed E-state index contributed by atoms with van der Waals surface area (Å²) in [7, 11) is -1.12. The Hall–Kier alpha value is -3.01. The summed E-state index contributed by atoms with van der Waals surface area (Å²) < 4.78 is 27.6. The van der Waals surface area contributed by atoms with Crippen LogP contribution in [0.25, 0.3) is 11.0 Å². The van der Waals surface area contributed by atoms with Gasteiger partial charge in [-0.1, -0.05) is 0 Å². The summed E-state index contributed by atoms with van der Waals surface area (Å²) in [5.74, 6) is 0. The fourth-order valence-corrected chi connectivity index (χ4v) is 3.35. The highest BCUT2D eigenvalue weighted by Crippen LogP contribution is 2.21. The molecule has 0 aliphatic heterocycles. The number of H-pyrrole nitrogens is 1. The average Bonchev–Trinajstić information content (AvgIpc) is 2.59. The molecule has 24 heavy (non-hydrogen) atoms. The molecule has 0 radical (unpaired) electrons. The van der Waals surface area contributed by atoms with Gasteiger partial charge in [0.2, 0.25) is 0 Å². The SMILES string of the molecule is CN(c1cccnc1)S(=O)(=O)c1cnc2c(c1)c(=O)[nH]c(=O)n2C. The van der Waals surface area contributed by atoms with E-state index in [9.17, 15) is 18.0 Å². The van der Waals surface area contributed by atoms with E-state index >= 15 is 0 Å². The van der Waals surface area contributed by atoms with Crippen molar-refractivity contribution in [2.24, 2.45) is 7.05 Å². The van der Waals surface area contributed by atoms with E-state index in [-0.39, 0.29) is 15.9 Å². The number of aromatic nitrogens is 4. The predicted molar refractivity (Wildman–Crippen MR) is 87.4 cm³/mol. The van der Waals surface area contributed by atoms with Gasteiger partial charge in [-0.05, 0) is 18.2 Å². The van der Waals surface area contributed by atoms with Crippen molar-refractivity contribution in [2.75, 3.05) is 11.4 Å². The summed E-state index contributed by atoms with van der Waals surface area (Å²) in [6, 6.07) is 4.40. The molecule has 0 saturated carbocycles. The first-order valence-corrected chi connectivity index (χ1v) is 8.24.